The SMILES string of the molecule is CCC1CCC(C(C)(C)C#N)CC1. The van der Waals surface area contributed by atoms with E-state index in [1.54, 1.807) is 0 Å². The first kappa shape index (κ1) is 10.6. The summed E-state index contributed by atoms with van der Waals surface area (Å²) in [5, 5.41) is 9.02. The minimum atomic E-state index is -0.0985. The van der Waals surface area contributed by atoms with Gasteiger partial charge in [0.1, 0.15) is 0 Å². The quantitative estimate of drug-likeness (QED) is 0.633. The fourth-order valence-electron chi connectivity index (χ4n) is 2.38. The van der Waals surface area contributed by atoms with E-state index in [2.05, 4.69) is 26.8 Å². The molecule has 1 rings (SSSR count). The first-order chi connectivity index (χ1) is 6.10. The highest BCUT2D eigenvalue weighted by Crippen LogP contribution is 2.40. The summed E-state index contributed by atoms with van der Waals surface area (Å²) in [4.78, 5) is 0. The highest BCUT2D eigenvalue weighted by atomic mass is 14.4. The summed E-state index contributed by atoms with van der Waals surface area (Å²) in [6.07, 6.45) is 6.52. The van der Waals surface area contributed by atoms with E-state index >= 15 is 0 Å². The van der Waals surface area contributed by atoms with Gasteiger partial charge in [-0.25, -0.2) is 0 Å². The Bertz CT molecular complexity index is 192. The molecule has 0 atom stereocenters. The van der Waals surface area contributed by atoms with Gasteiger partial charge in [-0.2, -0.15) is 5.26 Å². The average molecular weight is 179 g/mol. The van der Waals surface area contributed by atoms with Crippen molar-refractivity contribution in [1.82, 2.24) is 0 Å². The second-order valence-electron chi connectivity index (χ2n) is 4.96. The summed E-state index contributed by atoms with van der Waals surface area (Å²) in [6, 6.07) is 2.44. The molecule has 0 heterocycles. The van der Waals surface area contributed by atoms with E-state index < -0.39 is 0 Å². The van der Waals surface area contributed by atoms with Crippen molar-refractivity contribution in [3.63, 3.8) is 0 Å². The molecule has 0 unspecified atom stereocenters. The molecule has 0 bridgehead atoms. The third kappa shape index (κ3) is 2.46. The van der Waals surface area contributed by atoms with Gasteiger partial charge in [0, 0.05) is 0 Å². The van der Waals surface area contributed by atoms with Crippen LogP contribution in [-0.4, -0.2) is 0 Å². The van der Waals surface area contributed by atoms with Gasteiger partial charge in [0.2, 0.25) is 0 Å². The van der Waals surface area contributed by atoms with E-state index in [0.717, 1.165) is 5.92 Å². The van der Waals surface area contributed by atoms with Crippen LogP contribution in [0.1, 0.15) is 52.9 Å². The molecule has 0 aromatic rings. The summed E-state index contributed by atoms with van der Waals surface area (Å²) in [5.74, 6) is 1.58. The highest BCUT2D eigenvalue weighted by Gasteiger charge is 2.32. The lowest BCUT2D eigenvalue weighted by molar-refractivity contribution is 0.177. The summed E-state index contributed by atoms with van der Waals surface area (Å²) >= 11 is 0. The molecule has 0 spiro atoms. The molecule has 0 amide bonds. The number of hydrogen-bond donors (Lipinski definition) is 0. The van der Waals surface area contributed by atoms with Crippen molar-refractivity contribution in [2.75, 3.05) is 0 Å². The van der Waals surface area contributed by atoms with Crippen molar-refractivity contribution in [3.05, 3.63) is 0 Å². The number of hydrogen-bond acceptors (Lipinski definition) is 1. The summed E-state index contributed by atoms with van der Waals surface area (Å²) in [5.41, 5.74) is -0.0985. The Kier molecular flexibility index (Phi) is 3.36. The van der Waals surface area contributed by atoms with Gasteiger partial charge in [0.15, 0.2) is 0 Å². The van der Waals surface area contributed by atoms with Crippen LogP contribution in [0.15, 0.2) is 0 Å². The van der Waals surface area contributed by atoms with E-state index in [1.165, 1.54) is 32.1 Å². The first-order valence-corrected chi connectivity index (χ1v) is 5.51. The van der Waals surface area contributed by atoms with Gasteiger partial charge in [-0.3, -0.25) is 0 Å². The third-order valence-corrected chi connectivity index (χ3v) is 3.73. The molecule has 1 heteroatoms. The van der Waals surface area contributed by atoms with Crippen LogP contribution in [0.3, 0.4) is 0 Å². The number of rotatable bonds is 2. The van der Waals surface area contributed by atoms with Crippen LogP contribution < -0.4 is 0 Å². The smallest absolute Gasteiger partial charge is 0.0686 e. The normalized spacial score (nSPS) is 29.7. The minimum Gasteiger partial charge on any atom is -0.198 e. The molecule has 1 aliphatic carbocycles. The van der Waals surface area contributed by atoms with Crippen molar-refractivity contribution in [2.45, 2.75) is 52.9 Å². The Balaban J connectivity index is 2.46. The van der Waals surface area contributed by atoms with Crippen LogP contribution in [0, 0.1) is 28.6 Å². The van der Waals surface area contributed by atoms with Gasteiger partial charge in [0.25, 0.3) is 0 Å². The Morgan fingerprint density at radius 1 is 1.23 bits per heavy atom. The van der Waals surface area contributed by atoms with Crippen LogP contribution in [0.5, 0.6) is 0 Å². The zero-order valence-electron chi connectivity index (χ0n) is 9.14. The van der Waals surface area contributed by atoms with Crippen LogP contribution >= 0.6 is 0 Å². The van der Waals surface area contributed by atoms with Crippen molar-refractivity contribution in [2.24, 2.45) is 17.3 Å². The molecule has 0 aromatic carbocycles. The monoisotopic (exact) mass is 179 g/mol. The second-order valence-corrected chi connectivity index (χ2v) is 4.96. The van der Waals surface area contributed by atoms with E-state index in [0.29, 0.717) is 5.92 Å². The molecule has 1 aliphatic rings. The van der Waals surface area contributed by atoms with Crippen molar-refractivity contribution < 1.29 is 0 Å². The topological polar surface area (TPSA) is 23.8 Å². The van der Waals surface area contributed by atoms with Gasteiger partial charge in [-0.1, -0.05) is 26.2 Å². The summed E-state index contributed by atoms with van der Waals surface area (Å²) in [6.45, 7) is 6.45. The average Bonchev–Trinajstić information content (AvgIpc) is 2.18. The first-order valence-electron chi connectivity index (χ1n) is 5.51. The molecule has 0 aliphatic heterocycles. The van der Waals surface area contributed by atoms with Gasteiger partial charge in [0.05, 0.1) is 11.5 Å². The van der Waals surface area contributed by atoms with Crippen molar-refractivity contribution >= 4 is 0 Å². The van der Waals surface area contributed by atoms with E-state index in [1.807, 2.05) is 0 Å². The molecule has 0 aromatic heterocycles. The maximum absolute atomic E-state index is 9.02. The van der Waals surface area contributed by atoms with Gasteiger partial charge >= 0.3 is 0 Å². The molecule has 0 N–H and O–H groups in total. The van der Waals surface area contributed by atoms with Gasteiger partial charge < -0.3 is 0 Å². The van der Waals surface area contributed by atoms with Crippen molar-refractivity contribution in [1.29, 1.82) is 5.26 Å². The molecule has 13 heavy (non-hydrogen) atoms. The van der Waals surface area contributed by atoms with Gasteiger partial charge in [-0.15, -0.1) is 0 Å². The molecule has 0 radical (unpaired) electrons. The van der Waals surface area contributed by atoms with E-state index in [9.17, 15) is 0 Å². The molecule has 1 nitrogen and oxygen atoms in total. The van der Waals surface area contributed by atoms with Crippen LogP contribution in [0.2, 0.25) is 0 Å². The largest absolute Gasteiger partial charge is 0.198 e. The zero-order chi connectivity index (χ0) is 9.90. The van der Waals surface area contributed by atoms with Crippen molar-refractivity contribution in [3.8, 4) is 6.07 Å². The Morgan fingerprint density at radius 2 is 1.77 bits per heavy atom. The minimum absolute atomic E-state index is 0.0985. The standard InChI is InChI=1S/C12H21N/c1-4-10-5-7-11(8-6-10)12(2,3)9-13/h10-11H,4-8H2,1-3H3. The predicted molar refractivity (Wildman–Crippen MR) is 55.1 cm³/mol. The Hall–Kier alpha value is -0.510. The lowest BCUT2D eigenvalue weighted by Crippen LogP contribution is -2.26. The molecule has 1 fully saturated rings. The fourth-order valence-corrected chi connectivity index (χ4v) is 2.38. The Morgan fingerprint density at radius 3 is 2.15 bits per heavy atom. The van der Waals surface area contributed by atoms with E-state index in [4.69, 9.17) is 5.26 Å². The Labute approximate surface area is 82.1 Å². The van der Waals surface area contributed by atoms with E-state index in [-0.39, 0.29) is 5.41 Å². The third-order valence-electron chi connectivity index (χ3n) is 3.73. The molecular weight excluding hydrogens is 158 g/mol. The van der Waals surface area contributed by atoms with Crippen LogP contribution in [0.25, 0.3) is 0 Å². The highest BCUT2D eigenvalue weighted by molar-refractivity contribution is 4.97. The summed E-state index contributed by atoms with van der Waals surface area (Å²) in [7, 11) is 0. The molecule has 0 saturated heterocycles. The molecular formula is C12H21N. The van der Waals surface area contributed by atoms with Gasteiger partial charge in [-0.05, 0) is 38.5 Å². The number of nitrogens with zero attached hydrogens (tertiary/aromatic N) is 1. The summed E-state index contributed by atoms with van der Waals surface area (Å²) < 4.78 is 0. The molecule has 1 saturated carbocycles. The molecule has 74 valence electrons. The lowest BCUT2D eigenvalue weighted by Gasteiger charge is -2.34. The maximum Gasteiger partial charge on any atom is 0.0686 e. The second kappa shape index (κ2) is 4.13. The number of nitriles is 1. The van der Waals surface area contributed by atoms with Crippen LogP contribution in [-0.2, 0) is 0 Å². The predicted octanol–water partition coefficient (Wildman–Crippen LogP) is 3.75. The maximum atomic E-state index is 9.02. The fraction of sp³-hybridized carbons (Fsp3) is 0.917. The van der Waals surface area contributed by atoms with Crippen LogP contribution in [0.4, 0.5) is 0 Å². The zero-order valence-corrected chi connectivity index (χ0v) is 9.14. The lowest BCUT2D eigenvalue weighted by atomic mass is 9.69.